The Morgan fingerprint density at radius 3 is 2.70 bits per heavy atom. The molecule has 2 rings (SSSR count). The number of amides is 1. The number of nitrogens with two attached hydrogens (primary N) is 1. The van der Waals surface area contributed by atoms with E-state index < -0.39 is 6.04 Å². The maximum Gasteiger partial charge on any atom is 0.225 e. The van der Waals surface area contributed by atoms with Crippen molar-refractivity contribution >= 4 is 34.9 Å². The van der Waals surface area contributed by atoms with Gasteiger partial charge >= 0.3 is 0 Å². The number of hydrogen-bond acceptors (Lipinski definition) is 3. The lowest BCUT2D eigenvalue weighted by molar-refractivity contribution is -0.120. The summed E-state index contributed by atoms with van der Waals surface area (Å²) in [6.07, 6.45) is 2.10. The van der Waals surface area contributed by atoms with Crippen LogP contribution in [0.1, 0.15) is 18.4 Å². The molecule has 1 aromatic rings. The molecule has 108 valence electrons. The van der Waals surface area contributed by atoms with Crippen molar-refractivity contribution in [2.24, 2.45) is 16.8 Å². The summed E-state index contributed by atoms with van der Waals surface area (Å²) in [6, 6.07) is 4.63. The molecule has 1 unspecified atom stereocenters. The molecule has 0 radical (unpaired) electrons. The Bertz CT molecular complexity index is 544. The van der Waals surface area contributed by atoms with Crippen molar-refractivity contribution < 1.29 is 10.0 Å². The van der Waals surface area contributed by atoms with Crippen LogP contribution in [0.4, 0.5) is 0 Å². The van der Waals surface area contributed by atoms with E-state index in [9.17, 15) is 4.79 Å². The number of rotatable bonds is 5. The van der Waals surface area contributed by atoms with E-state index in [1.54, 1.807) is 18.2 Å². The molecule has 1 atom stereocenters. The monoisotopic (exact) mass is 315 g/mol. The van der Waals surface area contributed by atoms with Gasteiger partial charge in [0.1, 0.15) is 0 Å². The van der Waals surface area contributed by atoms with Gasteiger partial charge in [-0.05, 0) is 36.5 Å². The zero-order chi connectivity index (χ0) is 14.7. The fourth-order valence-corrected chi connectivity index (χ4v) is 2.31. The van der Waals surface area contributed by atoms with Crippen molar-refractivity contribution in [3.63, 3.8) is 0 Å². The SMILES string of the molecule is NC(=NO)C(NC(=O)Cc1ccc(Cl)c(Cl)c1)C1CC1. The number of nitrogens with zero attached hydrogens (tertiary/aromatic N) is 1. The maximum atomic E-state index is 12.0. The fourth-order valence-electron chi connectivity index (χ4n) is 1.98. The predicted octanol–water partition coefficient (Wildman–Crippen LogP) is 2.18. The number of hydrogen-bond donors (Lipinski definition) is 3. The van der Waals surface area contributed by atoms with E-state index in [0.717, 1.165) is 18.4 Å². The van der Waals surface area contributed by atoms with E-state index in [0.29, 0.717) is 10.0 Å². The Morgan fingerprint density at radius 2 is 2.15 bits per heavy atom. The van der Waals surface area contributed by atoms with E-state index in [1.165, 1.54) is 0 Å². The summed E-state index contributed by atoms with van der Waals surface area (Å²) >= 11 is 11.7. The van der Waals surface area contributed by atoms with Gasteiger partial charge < -0.3 is 16.3 Å². The smallest absolute Gasteiger partial charge is 0.225 e. The van der Waals surface area contributed by atoms with Crippen LogP contribution in [0.25, 0.3) is 0 Å². The normalized spacial score (nSPS) is 16.8. The minimum atomic E-state index is -0.407. The molecule has 1 aliphatic rings. The van der Waals surface area contributed by atoms with Gasteiger partial charge in [0.05, 0.1) is 22.5 Å². The summed E-state index contributed by atoms with van der Waals surface area (Å²) in [5.41, 5.74) is 6.35. The second kappa shape index (κ2) is 6.33. The van der Waals surface area contributed by atoms with Crippen molar-refractivity contribution in [2.45, 2.75) is 25.3 Å². The van der Waals surface area contributed by atoms with Crippen molar-refractivity contribution in [1.29, 1.82) is 0 Å². The van der Waals surface area contributed by atoms with Crippen molar-refractivity contribution in [1.82, 2.24) is 5.32 Å². The van der Waals surface area contributed by atoms with Crippen LogP contribution in [0.5, 0.6) is 0 Å². The summed E-state index contributed by atoms with van der Waals surface area (Å²) in [5.74, 6) is 0.0885. The third-order valence-corrected chi connectivity index (χ3v) is 3.93. The standard InChI is InChI=1S/C13H15Cl2N3O2/c14-9-4-1-7(5-10(9)15)6-11(19)17-12(8-2-3-8)13(16)18-20/h1,4-5,8,12,20H,2-3,6H2,(H2,16,18)(H,17,19). The first-order valence-corrected chi connectivity index (χ1v) is 6.97. The van der Waals surface area contributed by atoms with Crippen LogP contribution in [0.15, 0.2) is 23.4 Å². The third kappa shape index (κ3) is 3.77. The molecule has 1 aromatic carbocycles. The lowest BCUT2D eigenvalue weighted by atomic mass is 10.1. The summed E-state index contributed by atoms with van der Waals surface area (Å²) < 4.78 is 0. The van der Waals surface area contributed by atoms with Crippen molar-refractivity contribution in [3.8, 4) is 0 Å². The first kappa shape index (κ1) is 14.9. The van der Waals surface area contributed by atoms with Gasteiger partial charge in [-0.25, -0.2) is 0 Å². The number of benzene rings is 1. The lowest BCUT2D eigenvalue weighted by Gasteiger charge is -2.16. The van der Waals surface area contributed by atoms with Crippen LogP contribution >= 0.6 is 23.2 Å². The number of nitrogens with one attached hydrogen (secondary N) is 1. The zero-order valence-corrected chi connectivity index (χ0v) is 12.2. The quantitative estimate of drug-likeness (QED) is 0.337. The lowest BCUT2D eigenvalue weighted by Crippen LogP contribution is -2.46. The number of amidine groups is 1. The topological polar surface area (TPSA) is 87.7 Å². The molecular weight excluding hydrogens is 301 g/mol. The highest BCUT2D eigenvalue weighted by atomic mass is 35.5. The number of carbonyl (C=O) groups is 1. The number of halogens is 2. The van der Waals surface area contributed by atoms with Gasteiger partial charge in [-0.1, -0.05) is 34.4 Å². The van der Waals surface area contributed by atoms with Crippen LogP contribution in [-0.2, 0) is 11.2 Å². The molecule has 20 heavy (non-hydrogen) atoms. The van der Waals surface area contributed by atoms with Crippen molar-refractivity contribution in [2.75, 3.05) is 0 Å². The highest BCUT2D eigenvalue weighted by Gasteiger charge is 2.35. The summed E-state index contributed by atoms with van der Waals surface area (Å²) in [5, 5.41) is 15.3. The molecule has 0 bridgehead atoms. The molecule has 4 N–H and O–H groups in total. The van der Waals surface area contributed by atoms with Gasteiger partial charge in [0, 0.05) is 0 Å². The Hall–Kier alpha value is -1.46. The molecule has 1 amide bonds. The molecule has 0 spiro atoms. The van der Waals surface area contributed by atoms with Gasteiger partial charge in [-0.3, -0.25) is 4.79 Å². The minimum Gasteiger partial charge on any atom is -0.409 e. The van der Waals surface area contributed by atoms with Gasteiger partial charge in [0.15, 0.2) is 5.84 Å². The Morgan fingerprint density at radius 1 is 1.45 bits per heavy atom. The molecule has 1 aliphatic carbocycles. The van der Waals surface area contributed by atoms with E-state index in [1.807, 2.05) is 0 Å². The second-order valence-corrected chi connectivity index (χ2v) is 5.65. The molecule has 1 fully saturated rings. The molecule has 7 heteroatoms. The third-order valence-electron chi connectivity index (χ3n) is 3.19. The van der Waals surface area contributed by atoms with E-state index in [4.69, 9.17) is 34.1 Å². The molecule has 5 nitrogen and oxygen atoms in total. The van der Waals surface area contributed by atoms with Crippen LogP contribution in [-0.4, -0.2) is 23.0 Å². The Balaban J connectivity index is 1.98. The number of carbonyl (C=O) groups excluding carboxylic acids is 1. The van der Waals surface area contributed by atoms with Crippen LogP contribution < -0.4 is 11.1 Å². The summed E-state index contributed by atoms with van der Waals surface area (Å²) in [4.78, 5) is 12.0. The first-order valence-electron chi connectivity index (χ1n) is 6.22. The molecule has 0 saturated heterocycles. The Labute approximate surface area is 126 Å². The van der Waals surface area contributed by atoms with Crippen molar-refractivity contribution in [3.05, 3.63) is 33.8 Å². The highest BCUT2D eigenvalue weighted by molar-refractivity contribution is 6.42. The van der Waals surface area contributed by atoms with Gasteiger partial charge in [-0.15, -0.1) is 0 Å². The molecule has 0 aromatic heterocycles. The van der Waals surface area contributed by atoms with Gasteiger partial charge in [0.25, 0.3) is 0 Å². The van der Waals surface area contributed by atoms with E-state index >= 15 is 0 Å². The fraction of sp³-hybridized carbons (Fsp3) is 0.385. The molecule has 0 aliphatic heterocycles. The van der Waals surface area contributed by atoms with E-state index in [-0.39, 0.29) is 24.1 Å². The van der Waals surface area contributed by atoms with Crippen LogP contribution in [0, 0.1) is 5.92 Å². The summed E-state index contributed by atoms with van der Waals surface area (Å²) in [7, 11) is 0. The first-order chi connectivity index (χ1) is 9.51. The summed E-state index contributed by atoms with van der Waals surface area (Å²) in [6.45, 7) is 0. The van der Waals surface area contributed by atoms with Crippen LogP contribution in [0.2, 0.25) is 10.0 Å². The number of oxime groups is 1. The Kier molecular flexibility index (Phi) is 4.73. The predicted molar refractivity (Wildman–Crippen MR) is 78.2 cm³/mol. The molecular formula is C13H15Cl2N3O2. The van der Waals surface area contributed by atoms with Gasteiger partial charge in [0.2, 0.25) is 5.91 Å². The average molecular weight is 316 g/mol. The highest BCUT2D eigenvalue weighted by Crippen LogP contribution is 2.32. The van der Waals surface area contributed by atoms with Gasteiger partial charge in [-0.2, -0.15) is 0 Å². The minimum absolute atomic E-state index is 0.0370. The second-order valence-electron chi connectivity index (χ2n) is 4.83. The van der Waals surface area contributed by atoms with Crippen LogP contribution in [0.3, 0.4) is 0 Å². The average Bonchev–Trinajstić information content (AvgIpc) is 3.24. The zero-order valence-electron chi connectivity index (χ0n) is 10.6. The molecule has 1 saturated carbocycles. The van der Waals surface area contributed by atoms with E-state index in [2.05, 4.69) is 10.5 Å². The molecule has 0 heterocycles. The largest absolute Gasteiger partial charge is 0.409 e. The maximum absolute atomic E-state index is 12.0.